The number of hydrogen-bond acceptors (Lipinski definition) is 3. The van der Waals surface area contributed by atoms with Crippen LogP contribution in [0.15, 0.2) is 6.20 Å². The minimum atomic E-state index is 0.278. The summed E-state index contributed by atoms with van der Waals surface area (Å²) in [6.45, 7) is 2.16. The molecule has 0 saturated heterocycles. The van der Waals surface area contributed by atoms with Crippen LogP contribution in [0.1, 0.15) is 31.9 Å². The molecule has 0 fully saturated rings. The predicted octanol–water partition coefficient (Wildman–Crippen LogP) is 2.44. The van der Waals surface area contributed by atoms with Gasteiger partial charge in [0, 0.05) is 0 Å². The fourth-order valence-electron chi connectivity index (χ4n) is 1.14. The Morgan fingerprint density at radius 2 is 2.23 bits per heavy atom. The van der Waals surface area contributed by atoms with Crippen LogP contribution in [0.2, 0.25) is 5.28 Å². The number of halogens is 1. The summed E-state index contributed by atoms with van der Waals surface area (Å²) in [5, 5.41) is 0.278. The summed E-state index contributed by atoms with van der Waals surface area (Å²) in [5.74, 6) is 0. The molecule has 0 aromatic carbocycles. The van der Waals surface area contributed by atoms with Crippen molar-refractivity contribution in [3.05, 3.63) is 17.2 Å². The zero-order valence-corrected chi connectivity index (χ0v) is 8.51. The van der Waals surface area contributed by atoms with Crippen LogP contribution in [0, 0.1) is 0 Å². The number of nitrogen functional groups attached to an aromatic ring is 1. The largest absolute Gasteiger partial charge is 0.396 e. The number of hydrogen-bond donors (Lipinski definition) is 1. The molecule has 0 aliphatic rings. The monoisotopic (exact) mass is 199 g/mol. The zero-order valence-electron chi connectivity index (χ0n) is 7.76. The first-order valence-electron chi connectivity index (χ1n) is 4.51. The highest BCUT2D eigenvalue weighted by Crippen LogP contribution is 2.13. The highest BCUT2D eigenvalue weighted by Gasteiger charge is 2.02. The molecular weight excluding hydrogens is 186 g/mol. The highest BCUT2D eigenvalue weighted by atomic mass is 35.5. The van der Waals surface area contributed by atoms with E-state index in [1.54, 1.807) is 6.20 Å². The highest BCUT2D eigenvalue weighted by molar-refractivity contribution is 6.28. The molecule has 0 spiro atoms. The van der Waals surface area contributed by atoms with Crippen molar-refractivity contribution < 1.29 is 0 Å². The van der Waals surface area contributed by atoms with Crippen molar-refractivity contribution in [2.24, 2.45) is 0 Å². The number of anilines is 1. The molecule has 1 heterocycles. The third-order valence-corrected chi connectivity index (χ3v) is 2.07. The first-order valence-corrected chi connectivity index (χ1v) is 4.88. The zero-order chi connectivity index (χ0) is 9.68. The van der Waals surface area contributed by atoms with Gasteiger partial charge >= 0.3 is 0 Å². The summed E-state index contributed by atoms with van der Waals surface area (Å²) >= 11 is 5.65. The lowest BCUT2D eigenvalue weighted by molar-refractivity contribution is 0.707. The van der Waals surface area contributed by atoms with Crippen LogP contribution in [0.25, 0.3) is 0 Å². The van der Waals surface area contributed by atoms with E-state index in [9.17, 15) is 0 Å². The molecule has 0 aliphatic carbocycles. The normalized spacial score (nSPS) is 10.3. The van der Waals surface area contributed by atoms with E-state index in [0.29, 0.717) is 5.69 Å². The first-order chi connectivity index (χ1) is 6.24. The van der Waals surface area contributed by atoms with Gasteiger partial charge in [0.2, 0.25) is 5.28 Å². The number of nitrogens with zero attached hydrogens (tertiary/aromatic N) is 2. The Kier molecular flexibility index (Phi) is 3.96. The lowest BCUT2D eigenvalue weighted by atomic mass is 10.1. The Morgan fingerprint density at radius 3 is 2.92 bits per heavy atom. The second-order valence-electron chi connectivity index (χ2n) is 3.00. The van der Waals surface area contributed by atoms with E-state index in [0.717, 1.165) is 18.5 Å². The summed E-state index contributed by atoms with van der Waals surface area (Å²) < 4.78 is 0. The molecule has 0 bridgehead atoms. The average molecular weight is 200 g/mol. The number of rotatable bonds is 4. The van der Waals surface area contributed by atoms with Crippen molar-refractivity contribution >= 4 is 17.3 Å². The topological polar surface area (TPSA) is 51.8 Å². The number of aryl methyl sites for hydroxylation is 1. The molecule has 72 valence electrons. The van der Waals surface area contributed by atoms with Crippen molar-refractivity contribution in [3.63, 3.8) is 0 Å². The molecule has 0 amide bonds. The average Bonchev–Trinajstić information content (AvgIpc) is 2.11. The fourth-order valence-corrected chi connectivity index (χ4v) is 1.30. The molecule has 0 radical (unpaired) electrons. The van der Waals surface area contributed by atoms with Crippen LogP contribution in [-0.2, 0) is 6.42 Å². The Bertz CT molecular complexity index is 276. The summed E-state index contributed by atoms with van der Waals surface area (Å²) in [6, 6.07) is 0. The predicted molar refractivity (Wildman–Crippen MR) is 54.7 cm³/mol. The molecule has 3 nitrogen and oxygen atoms in total. The third-order valence-electron chi connectivity index (χ3n) is 1.89. The van der Waals surface area contributed by atoms with Crippen molar-refractivity contribution in [1.82, 2.24) is 9.97 Å². The van der Waals surface area contributed by atoms with E-state index in [-0.39, 0.29) is 5.28 Å². The van der Waals surface area contributed by atoms with Crippen LogP contribution < -0.4 is 5.73 Å². The van der Waals surface area contributed by atoms with Gasteiger partial charge in [-0.15, -0.1) is 0 Å². The maximum absolute atomic E-state index is 5.69. The second-order valence-corrected chi connectivity index (χ2v) is 3.34. The van der Waals surface area contributed by atoms with Gasteiger partial charge in [-0.25, -0.2) is 9.97 Å². The summed E-state index contributed by atoms with van der Waals surface area (Å²) in [4.78, 5) is 7.87. The Labute approximate surface area is 83.3 Å². The van der Waals surface area contributed by atoms with Gasteiger partial charge in [0.25, 0.3) is 0 Å². The van der Waals surface area contributed by atoms with E-state index in [4.69, 9.17) is 17.3 Å². The van der Waals surface area contributed by atoms with E-state index < -0.39 is 0 Å². The van der Waals surface area contributed by atoms with E-state index >= 15 is 0 Å². The third kappa shape index (κ3) is 3.19. The maximum atomic E-state index is 5.69. The first kappa shape index (κ1) is 10.3. The molecule has 0 unspecified atom stereocenters. The number of aromatic nitrogens is 2. The second kappa shape index (κ2) is 5.02. The van der Waals surface area contributed by atoms with E-state index in [1.165, 1.54) is 12.8 Å². The minimum Gasteiger partial charge on any atom is -0.396 e. The number of nitrogens with two attached hydrogens (primary N) is 1. The van der Waals surface area contributed by atoms with Crippen LogP contribution in [-0.4, -0.2) is 9.97 Å². The molecule has 1 rings (SSSR count). The van der Waals surface area contributed by atoms with Gasteiger partial charge in [0.05, 0.1) is 17.6 Å². The fraction of sp³-hybridized carbons (Fsp3) is 0.556. The molecule has 4 heteroatoms. The summed E-state index contributed by atoms with van der Waals surface area (Å²) in [5.41, 5.74) is 7.20. The van der Waals surface area contributed by atoms with E-state index in [2.05, 4.69) is 16.9 Å². The van der Waals surface area contributed by atoms with Crippen LogP contribution >= 0.6 is 11.6 Å². The smallest absolute Gasteiger partial charge is 0.222 e. The summed E-state index contributed by atoms with van der Waals surface area (Å²) in [6.07, 6.45) is 5.95. The standard InChI is InChI=1S/C9H14ClN3/c1-2-3-4-5-8-7(11)6-12-9(10)13-8/h6H,2-5,11H2,1H3. The Hall–Kier alpha value is -0.830. The van der Waals surface area contributed by atoms with Crippen LogP contribution in [0.5, 0.6) is 0 Å². The van der Waals surface area contributed by atoms with Crippen molar-refractivity contribution in [2.45, 2.75) is 32.6 Å². The molecule has 13 heavy (non-hydrogen) atoms. The molecule has 0 saturated carbocycles. The minimum absolute atomic E-state index is 0.278. The molecule has 0 aliphatic heterocycles. The Balaban J connectivity index is 2.59. The van der Waals surface area contributed by atoms with Crippen molar-refractivity contribution in [3.8, 4) is 0 Å². The van der Waals surface area contributed by atoms with Gasteiger partial charge in [-0.1, -0.05) is 19.8 Å². The van der Waals surface area contributed by atoms with Gasteiger partial charge in [0.15, 0.2) is 0 Å². The number of unbranched alkanes of at least 4 members (excludes halogenated alkanes) is 2. The lowest BCUT2D eigenvalue weighted by Gasteiger charge is -2.03. The SMILES string of the molecule is CCCCCc1nc(Cl)ncc1N. The molecular formula is C9H14ClN3. The molecule has 1 aromatic rings. The quantitative estimate of drug-likeness (QED) is 0.599. The summed E-state index contributed by atoms with van der Waals surface area (Å²) in [7, 11) is 0. The van der Waals surface area contributed by atoms with Gasteiger partial charge in [-0.2, -0.15) is 0 Å². The van der Waals surface area contributed by atoms with Gasteiger partial charge in [0.1, 0.15) is 0 Å². The lowest BCUT2D eigenvalue weighted by Crippen LogP contribution is -1.99. The van der Waals surface area contributed by atoms with Crippen LogP contribution in [0.4, 0.5) is 5.69 Å². The van der Waals surface area contributed by atoms with Crippen LogP contribution in [0.3, 0.4) is 0 Å². The van der Waals surface area contributed by atoms with Gasteiger partial charge in [-0.3, -0.25) is 0 Å². The molecule has 0 atom stereocenters. The van der Waals surface area contributed by atoms with Crippen molar-refractivity contribution in [2.75, 3.05) is 5.73 Å². The van der Waals surface area contributed by atoms with Gasteiger partial charge < -0.3 is 5.73 Å². The van der Waals surface area contributed by atoms with Crippen molar-refractivity contribution in [1.29, 1.82) is 0 Å². The maximum Gasteiger partial charge on any atom is 0.222 e. The molecule has 2 N–H and O–H groups in total. The Morgan fingerprint density at radius 1 is 1.46 bits per heavy atom. The van der Waals surface area contributed by atoms with Gasteiger partial charge in [-0.05, 0) is 24.4 Å². The molecule has 1 aromatic heterocycles. The van der Waals surface area contributed by atoms with E-state index in [1.807, 2.05) is 0 Å².